The lowest BCUT2D eigenvalue weighted by atomic mass is 9.49. The Bertz CT molecular complexity index is 490. The summed E-state index contributed by atoms with van der Waals surface area (Å²) < 4.78 is 0. The minimum atomic E-state index is 0.447. The first kappa shape index (κ1) is 11.4. The third kappa shape index (κ3) is 1.82. The van der Waals surface area contributed by atoms with Crippen molar-refractivity contribution >= 4 is 12.0 Å². The van der Waals surface area contributed by atoms with Crippen LogP contribution in [0.3, 0.4) is 0 Å². The number of fused-ring (bicyclic) bond motifs is 1. The quantitative estimate of drug-likeness (QED) is 0.655. The van der Waals surface area contributed by atoms with Gasteiger partial charge in [0.25, 0.3) is 0 Å². The molecule has 3 aliphatic rings. The number of allylic oxidation sites excluding steroid dienone is 2. The van der Waals surface area contributed by atoms with Gasteiger partial charge in [0.1, 0.15) is 0 Å². The maximum Gasteiger partial charge on any atom is 0.164 e. The van der Waals surface area contributed by atoms with Crippen molar-refractivity contribution in [1.82, 2.24) is 9.97 Å². The van der Waals surface area contributed by atoms with Gasteiger partial charge in [0.05, 0.1) is 12.4 Å². The van der Waals surface area contributed by atoms with Gasteiger partial charge in [-0.2, -0.15) is 5.10 Å². The molecule has 0 amide bonds. The molecule has 4 rings (SSSR count). The molecule has 1 saturated carbocycles. The normalized spacial score (nSPS) is 28.7. The summed E-state index contributed by atoms with van der Waals surface area (Å²) in [4.78, 5) is 8.09. The minimum Gasteiger partial charge on any atom is -0.260 e. The van der Waals surface area contributed by atoms with Crippen LogP contribution in [0.4, 0.5) is 5.82 Å². The molecule has 1 N–H and O–H groups in total. The predicted octanol–water partition coefficient (Wildman–Crippen LogP) is 2.87. The van der Waals surface area contributed by atoms with Crippen LogP contribution in [0.25, 0.3) is 0 Å². The maximum atomic E-state index is 4.26. The Kier molecular flexibility index (Phi) is 2.65. The van der Waals surface area contributed by atoms with E-state index in [9.17, 15) is 0 Å². The van der Waals surface area contributed by atoms with E-state index in [2.05, 4.69) is 40.4 Å². The largest absolute Gasteiger partial charge is 0.260 e. The molecule has 0 aromatic carbocycles. The van der Waals surface area contributed by atoms with Gasteiger partial charge in [-0.15, -0.1) is 0 Å². The fourth-order valence-corrected chi connectivity index (χ4v) is 3.07. The van der Waals surface area contributed by atoms with E-state index in [1.165, 1.54) is 18.4 Å². The number of anilines is 1. The van der Waals surface area contributed by atoms with Gasteiger partial charge >= 0.3 is 0 Å². The number of hydrogen-bond donors (Lipinski definition) is 1. The van der Waals surface area contributed by atoms with E-state index in [0.29, 0.717) is 17.2 Å². The van der Waals surface area contributed by atoms with Gasteiger partial charge in [-0.05, 0) is 35.7 Å². The Balaban J connectivity index is 1.65. The summed E-state index contributed by atoms with van der Waals surface area (Å²) in [6.07, 6.45) is 11.7. The van der Waals surface area contributed by atoms with E-state index < -0.39 is 0 Å². The van der Waals surface area contributed by atoms with Crippen molar-refractivity contribution in [3.8, 4) is 0 Å². The summed E-state index contributed by atoms with van der Waals surface area (Å²) in [6.45, 7) is 4.73. The van der Waals surface area contributed by atoms with E-state index in [0.717, 1.165) is 5.92 Å². The Hall–Kier alpha value is -1.71. The molecule has 1 aromatic rings. The number of nitrogens with one attached hydrogen (secondary N) is 1. The van der Waals surface area contributed by atoms with E-state index in [-0.39, 0.29) is 0 Å². The third-order valence-corrected chi connectivity index (χ3v) is 4.47. The van der Waals surface area contributed by atoms with Gasteiger partial charge in [-0.3, -0.25) is 10.4 Å². The van der Waals surface area contributed by atoms with Crippen molar-refractivity contribution in [3.63, 3.8) is 0 Å². The second-order valence-corrected chi connectivity index (χ2v) is 5.71. The summed E-state index contributed by atoms with van der Waals surface area (Å²) in [7, 11) is 0. The fraction of sp³-hybridized carbons (Fsp3) is 0.500. The minimum absolute atomic E-state index is 0.447. The molecule has 3 aliphatic carbocycles. The van der Waals surface area contributed by atoms with Crippen LogP contribution in [-0.2, 0) is 0 Å². The van der Waals surface area contributed by atoms with Crippen LogP contribution < -0.4 is 5.43 Å². The number of hydrogen-bond acceptors (Lipinski definition) is 4. The molecule has 2 bridgehead atoms. The highest BCUT2D eigenvalue weighted by Gasteiger charge is 2.50. The average molecular weight is 242 g/mol. The molecular weight excluding hydrogens is 224 g/mol. The maximum absolute atomic E-state index is 4.26. The van der Waals surface area contributed by atoms with Crippen LogP contribution >= 0.6 is 0 Å². The first-order valence-electron chi connectivity index (χ1n) is 6.43. The summed E-state index contributed by atoms with van der Waals surface area (Å²) >= 11 is 0. The van der Waals surface area contributed by atoms with Crippen molar-refractivity contribution < 1.29 is 0 Å². The average Bonchev–Trinajstić information content (AvgIpc) is 2.40. The van der Waals surface area contributed by atoms with Crippen molar-refractivity contribution in [2.24, 2.45) is 22.4 Å². The molecule has 1 aromatic heterocycles. The highest BCUT2D eigenvalue weighted by Crippen LogP contribution is 2.58. The second-order valence-electron chi connectivity index (χ2n) is 5.71. The molecule has 4 heteroatoms. The fourth-order valence-electron chi connectivity index (χ4n) is 3.07. The van der Waals surface area contributed by atoms with Crippen molar-refractivity contribution in [2.45, 2.75) is 26.7 Å². The second kappa shape index (κ2) is 4.19. The number of hydrazone groups is 1. The van der Waals surface area contributed by atoms with E-state index >= 15 is 0 Å². The molecule has 1 heterocycles. The summed E-state index contributed by atoms with van der Waals surface area (Å²) in [5.41, 5.74) is 4.72. The predicted molar refractivity (Wildman–Crippen MR) is 72.2 cm³/mol. The van der Waals surface area contributed by atoms with E-state index in [1.54, 1.807) is 18.6 Å². The monoisotopic (exact) mass is 242 g/mol. The zero-order chi connectivity index (χ0) is 12.6. The number of aromatic nitrogens is 2. The zero-order valence-corrected chi connectivity index (χ0v) is 10.8. The first-order chi connectivity index (χ1) is 8.68. The van der Waals surface area contributed by atoms with Crippen molar-refractivity contribution in [3.05, 3.63) is 30.2 Å². The standard InChI is InChI=1S/C14H18N4/c1-14(2)11-4-3-10(12(14)7-11)8-17-18-13-9-15-5-6-16-13/h3,5-6,8-9,11-12H,4,7H2,1-2H3,(H,16,18)/t11-,12+/m0/s1. The molecule has 4 nitrogen and oxygen atoms in total. The Morgan fingerprint density at radius 1 is 1.44 bits per heavy atom. The highest BCUT2D eigenvalue weighted by molar-refractivity contribution is 5.81. The number of nitrogens with zero attached hydrogens (tertiary/aromatic N) is 3. The van der Waals surface area contributed by atoms with Crippen LogP contribution in [0, 0.1) is 17.3 Å². The Morgan fingerprint density at radius 3 is 3.00 bits per heavy atom. The lowest BCUT2D eigenvalue weighted by molar-refractivity contribution is -0.00124. The number of rotatable bonds is 3. The van der Waals surface area contributed by atoms with Crippen molar-refractivity contribution in [2.75, 3.05) is 5.43 Å². The van der Waals surface area contributed by atoms with Gasteiger partial charge in [0, 0.05) is 12.4 Å². The van der Waals surface area contributed by atoms with Crippen LogP contribution in [0.5, 0.6) is 0 Å². The smallest absolute Gasteiger partial charge is 0.164 e. The van der Waals surface area contributed by atoms with Gasteiger partial charge in [0.2, 0.25) is 0 Å². The summed E-state index contributed by atoms with van der Waals surface area (Å²) in [5, 5.41) is 4.26. The molecule has 0 spiro atoms. The Morgan fingerprint density at radius 2 is 2.33 bits per heavy atom. The van der Waals surface area contributed by atoms with Crippen LogP contribution in [-0.4, -0.2) is 16.2 Å². The Labute approximate surface area is 107 Å². The van der Waals surface area contributed by atoms with Crippen LogP contribution in [0.1, 0.15) is 26.7 Å². The molecule has 0 aliphatic heterocycles. The summed E-state index contributed by atoms with van der Waals surface area (Å²) in [6, 6.07) is 0. The van der Waals surface area contributed by atoms with Gasteiger partial charge in [0.15, 0.2) is 5.82 Å². The van der Waals surface area contributed by atoms with Crippen LogP contribution in [0.2, 0.25) is 0 Å². The molecule has 1 fully saturated rings. The molecule has 2 atom stereocenters. The lowest BCUT2D eigenvalue weighted by Gasteiger charge is -2.55. The van der Waals surface area contributed by atoms with Crippen LogP contribution in [0.15, 0.2) is 35.3 Å². The lowest BCUT2D eigenvalue weighted by Crippen LogP contribution is -2.48. The topological polar surface area (TPSA) is 50.2 Å². The SMILES string of the molecule is CC1(C)[C@H]2CC=C(C=NNc3cnccn3)[C@H]1C2. The molecule has 0 radical (unpaired) electrons. The van der Waals surface area contributed by atoms with Gasteiger partial charge in [-0.25, -0.2) is 4.98 Å². The third-order valence-electron chi connectivity index (χ3n) is 4.47. The van der Waals surface area contributed by atoms with E-state index in [1.807, 2.05) is 6.21 Å². The zero-order valence-electron chi connectivity index (χ0n) is 10.8. The summed E-state index contributed by atoms with van der Waals surface area (Å²) in [5.74, 6) is 2.21. The molecule has 0 unspecified atom stereocenters. The van der Waals surface area contributed by atoms with E-state index in [4.69, 9.17) is 0 Å². The molecule has 0 saturated heterocycles. The molecule has 94 valence electrons. The highest BCUT2D eigenvalue weighted by atomic mass is 15.3. The molecule has 18 heavy (non-hydrogen) atoms. The first-order valence-corrected chi connectivity index (χ1v) is 6.43. The van der Waals surface area contributed by atoms with Gasteiger partial charge < -0.3 is 0 Å². The molecular formula is C14H18N4. The van der Waals surface area contributed by atoms with Gasteiger partial charge in [-0.1, -0.05) is 19.9 Å². The van der Waals surface area contributed by atoms with Crippen molar-refractivity contribution in [1.29, 1.82) is 0 Å².